The molecule has 0 spiro atoms. The summed E-state index contributed by atoms with van der Waals surface area (Å²) in [7, 11) is -1.98. The number of para-hydroxylation sites is 1. The average Bonchev–Trinajstić information content (AvgIpc) is 2.92. The molecule has 0 bridgehead atoms. The van der Waals surface area contributed by atoms with Crippen LogP contribution in [0.1, 0.15) is 25.2 Å². The van der Waals surface area contributed by atoms with Crippen molar-refractivity contribution in [2.75, 3.05) is 51.3 Å². The highest BCUT2D eigenvalue weighted by Gasteiger charge is 2.31. The zero-order valence-corrected chi connectivity index (χ0v) is 21.0. The van der Waals surface area contributed by atoms with E-state index in [4.69, 9.17) is 14.7 Å². The highest BCUT2D eigenvalue weighted by atomic mass is 32.2. The van der Waals surface area contributed by atoms with Gasteiger partial charge in [-0.15, -0.1) is 0 Å². The molecule has 1 saturated heterocycles. The van der Waals surface area contributed by atoms with Crippen LogP contribution in [0, 0.1) is 0 Å². The monoisotopic (exact) mass is 493 g/mol. The van der Waals surface area contributed by atoms with Crippen LogP contribution in [-0.2, 0) is 10.0 Å². The van der Waals surface area contributed by atoms with Crippen molar-refractivity contribution in [1.29, 1.82) is 0 Å². The molecule has 1 fully saturated rings. The van der Waals surface area contributed by atoms with Crippen LogP contribution in [0.25, 0.3) is 10.9 Å². The number of rotatable bonds is 6. The summed E-state index contributed by atoms with van der Waals surface area (Å²) in [5.41, 5.74) is 0.939. The lowest BCUT2D eigenvalue weighted by Gasteiger charge is -2.37. The molecule has 0 N–H and O–H groups in total. The van der Waals surface area contributed by atoms with Gasteiger partial charge in [0.15, 0.2) is 0 Å². The minimum absolute atomic E-state index is 0.0236. The van der Waals surface area contributed by atoms with E-state index in [9.17, 15) is 8.42 Å². The molecule has 35 heavy (non-hydrogen) atoms. The first kappa shape index (κ1) is 23.7. The van der Waals surface area contributed by atoms with Gasteiger partial charge in [0.05, 0.1) is 23.6 Å². The van der Waals surface area contributed by atoms with E-state index in [-0.39, 0.29) is 10.9 Å². The zero-order valence-electron chi connectivity index (χ0n) is 20.2. The number of benzene rings is 2. The number of piperazine rings is 1. The Hall–Kier alpha value is -3.01. The third kappa shape index (κ3) is 4.76. The summed E-state index contributed by atoms with van der Waals surface area (Å²) < 4.78 is 33.0. The van der Waals surface area contributed by atoms with Crippen LogP contribution in [0.2, 0.25) is 0 Å². The van der Waals surface area contributed by atoms with Crippen molar-refractivity contribution in [3.63, 3.8) is 0 Å². The van der Waals surface area contributed by atoms with E-state index in [1.54, 1.807) is 35.7 Å². The summed E-state index contributed by atoms with van der Waals surface area (Å²) >= 11 is 0. The van der Waals surface area contributed by atoms with Crippen molar-refractivity contribution in [2.24, 2.45) is 0 Å². The number of hydrogen-bond acceptors (Lipinski definition) is 7. The Morgan fingerprint density at radius 1 is 0.914 bits per heavy atom. The molecule has 0 amide bonds. The topological polar surface area (TPSA) is 78.9 Å². The van der Waals surface area contributed by atoms with Gasteiger partial charge < -0.3 is 9.64 Å². The van der Waals surface area contributed by atoms with E-state index in [1.165, 1.54) is 0 Å². The molecule has 184 valence electrons. The molecule has 5 rings (SSSR count). The van der Waals surface area contributed by atoms with E-state index in [0.717, 1.165) is 42.1 Å². The Labute approximate surface area is 206 Å². The van der Waals surface area contributed by atoms with Gasteiger partial charge in [-0.1, -0.05) is 24.3 Å². The smallest absolute Gasteiger partial charge is 0.243 e. The molecule has 2 aromatic carbocycles. The molecular weight excluding hydrogens is 462 g/mol. The minimum atomic E-state index is -3.54. The van der Waals surface area contributed by atoms with Crippen LogP contribution < -0.4 is 9.64 Å². The molecule has 2 aliphatic rings. The molecule has 1 atom stereocenters. The van der Waals surface area contributed by atoms with Gasteiger partial charge in [0.25, 0.3) is 0 Å². The third-order valence-corrected chi connectivity index (χ3v) is 8.76. The molecule has 1 unspecified atom stereocenters. The van der Waals surface area contributed by atoms with E-state index >= 15 is 0 Å². The fourth-order valence-electron chi connectivity index (χ4n) is 4.73. The zero-order chi connectivity index (χ0) is 24.4. The van der Waals surface area contributed by atoms with E-state index in [0.29, 0.717) is 31.9 Å². The quantitative estimate of drug-likeness (QED) is 0.487. The highest BCUT2D eigenvalue weighted by Crippen LogP contribution is 2.29. The van der Waals surface area contributed by atoms with Gasteiger partial charge in [0, 0.05) is 44.7 Å². The fraction of sp³-hybridized carbons (Fsp3) is 0.385. The molecular formula is C26H31N5O3S. The molecule has 2 aliphatic heterocycles. The van der Waals surface area contributed by atoms with Crippen LogP contribution in [0.15, 0.2) is 65.6 Å². The maximum atomic E-state index is 13.1. The van der Waals surface area contributed by atoms with Crippen LogP contribution in [0.4, 0.5) is 5.82 Å². The van der Waals surface area contributed by atoms with Gasteiger partial charge >= 0.3 is 0 Å². The summed E-state index contributed by atoms with van der Waals surface area (Å²) in [5, 5.41) is 1.06. The number of fused-ring (bicyclic) bond motifs is 1. The van der Waals surface area contributed by atoms with E-state index < -0.39 is 10.0 Å². The maximum absolute atomic E-state index is 13.1. The lowest BCUT2D eigenvalue weighted by atomic mass is 10.1. The van der Waals surface area contributed by atoms with Crippen molar-refractivity contribution in [3.8, 4) is 5.75 Å². The largest absolute Gasteiger partial charge is 0.497 e. The van der Waals surface area contributed by atoms with Crippen molar-refractivity contribution in [3.05, 3.63) is 66.5 Å². The van der Waals surface area contributed by atoms with Crippen LogP contribution in [0.3, 0.4) is 0 Å². The Morgan fingerprint density at radius 3 is 2.34 bits per heavy atom. The van der Waals surface area contributed by atoms with Crippen LogP contribution in [-0.4, -0.2) is 74.0 Å². The molecule has 9 heteroatoms. The molecule has 1 aromatic heterocycles. The number of ether oxygens (including phenoxy) is 1. The number of aromatic nitrogens is 2. The first-order chi connectivity index (χ1) is 17.0. The molecule has 8 nitrogen and oxygen atoms in total. The molecule has 0 radical (unpaired) electrons. The number of methoxy groups -OCH3 is 1. The Bertz CT molecular complexity index is 1320. The Balaban J connectivity index is 1.34. The number of hydrogen-bond donors (Lipinski definition) is 0. The van der Waals surface area contributed by atoms with Crippen LogP contribution >= 0.6 is 0 Å². The second-order valence-corrected chi connectivity index (χ2v) is 10.9. The van der Waals surface area contributed by atoms with E-state index in [2.05, 4.69) is 34.9 Å². The SMILES string of the molecule is COc1ccc(S(=O)(=O)N2CCN(C(C)c3nc(N4CC=CCC4)c4ccccc4n3)CC2)cc1. The van der Waals surface area contributed by atoms with Crippen LogP contribution in [0.5, 0.6) is 5.75 Å². The molecule has 3 aromatic rings. The summed E-state index contributed by atoms with van der Waals surface area (Å²) in [5.74, 6) is 2.39. The molecule has 3 heterocycles. The maximum Gasteiger partial charge on any atom is 0.243 e. The molecule has 0 saturated carbocycles. The van der Waals surface area contributed by atoms with Gasteiger partial charge in [-0.05, 0) is 49.7 Å². The summed E-state index contributed by atoms with van der Waals surface area (Å²) in [6.07, 6.45) is 5.41. The lowest BCUT2D eigenvalue weighted by molar-refractivity contribution is 0.141. The normalized spacial score (nSPS) is 18.6. The predicted molar refractivity (Wildman–Crippen MR) is 137 cm³/mol. The number of sulfonamides is 1. The summed E-state index contributed by atoms with van der Waals surface area (Å²) in [6.45, 7) is 5.98. The standard InChI is InChI=1S/C26H31N5O3S/c1-20(25-27-24-9-5-4-8-23(24)26(28-25)30-14-6-3-7-15-30)29-16-18-31(19-17-29)35(32,33)22-12-10-21(34-2)11-13-22/h3-6,8-13,20H,7,14-19H2,1-2H3. The second-order valence-electron chi connectivity index (χ2n) is 8.92. The van der Waals surface area contributed by atoms with Gasteiger partial charge in [-0.2, -0.15) is 4.31 Å². The lowest BCUT2D eigenvalue weighted by Crippen LogP contribution is -2.49. The Morgan fingerprint density at radius 2 is 1.66 bits per heavy atom. The predicted octanol–water partition coefficient (Wildman–Crippen LogP) is 3.47. The number of anilines is 1. The summed E-state index contributed by atoms with van der Waals surface area (Å²) in [6, 6.07) is 14.7. The van der Waals surface area contributed by atoms with Crippen molar-refractivity contribution < 1.29 is 13.2 Å². The first-order valence-corrected chi connectivity index (χ1v) is 13.5. The van der Waals surface area contributed by atoms with Gasteiger partial charge in [0.1, 0.15) is 17.4 Å². The first-order valence-electron chi connectivity index (χ1n) is 12.0. The summed E-state index contributed by atoms with van der Waals surface area (Å²) in [4.78, 5) is 14.8. The van der Waals surface area contributed by atoms with Gasteiger partial charge in [0.2, 0.25) is 10.0 Å². The number of nitrogens with zero attached hydrogens (tertiary/aromatic N) is 5. The van der Waals surface area contributed by atoms with Gasteiger partial charge in [-0.3, -0.25) is 4.90 Å². The Kier molecular flexibility index (Phi) is 6.73. The van der Waals surface area contributed by atoms with Crippen molar-refractivity contribution in [2.45, 2.75) is 24.3 Å². The average molecular weight is 494 g/mol. The van der Waals surface area contributed by atoms with Crippen molar-refractivity contribution >= 4 is 26.7 Å². The minimum Gasteiger partial charge on any atom is -0.497 e. The highest BCUT2D eigenvalue weighted by molar-refractivity contribution is 7.89. The molecule has 0 aliphatic carbocycles. The fourth-order valence-corrected chi connectivity index (χ4v) is 6.15. The third-order valence-electron chi connectivity index (χ3n) is 6.85. The van der Waals surface area contributed by atoms with Crippen molar-refractivity contribution in [1.82, 2.24) is 19.2 Å². The van der Waals surface area contributed by atoms with Gasteiger partial charge in [-0.25, -0.2) is 18.4 Å². The van der Waals surface area contributed by atoms with E-state index in [1.807, 2.05) is 18.2 Å². The second kappa shape index (κ2) is 9.93.